The van der Waals surface area contributed by atoms with E-state index in [4.69, 9.17) is 4.74 Å². The summed E-state index contributed by atoms with van der Waals surface area (Å²) in [6, 6.07) is 26.1. The third-order valence-electron chi connectivity index (χ3n) is 7.29. The summed E-state index contributed by atoms with van der Waals surface area (Å²) in [6.07, 6.45) is 0. The predicted octanol–water partition coefficient (Wildman–Crippen LogP) is 4.41. The van der Waals surface area contributed by atoms with E-state index < -0.39 is 0 Å². The van der Waals surface area contributed by atoms with Crippen molar-refractivity contribution in [2.45, 2.75) is 45.4 Å². The predicted molar refractivity (Wildman–Crippen MR) is 153 cm³/mol. The van der Waals surface area contributed by atoms with Gasteiger partial charge in [-0.2, -0.15) is 0 Å². The molecule has 1 heterocycles. The molecule has 1 saturated heterocycles. The summed E-state index contributed by atoms with van der Waals surface area (Å²) >= 11 is 0. The highest BCUT2D eigenvalue weighted by Gasteiger charge is 2.35. The van der Waals surface area contributed by atoms with Crippen LogP contribution in [-0.2, 0) is 16.1 Å². The standard InChI is InChI=1S/C32H39N3O4/c1-4-39-31(38)19-33-18-30(37)26-12-8-13-27(16-26)32(28-14-9-15-29(36)17-28)35-21-23(2)34(20-24(35)3)22-25-10-6-5-7-11-25/h5-17,23-24,32-33,36H,4,18-22H2,1-3H3/t23-,24+,32-/m1/s1. The van der Waals surface area contributed by atoms with Crippen molar-refractivity contribution in [3.05, 3.63) is 101 Å². The summed E-state index contributed by atoms with van der Waals surface area (Å²) in [6.45, 7) is 9.25. The van der Waals surface area contributed by atoms with E-state index >= 15 is 0 Å². The van der Waals surface area contributed by atoms with Crippen LogP contribution >= 0.6 is 0 Å². The van der Waals surface area contributed by atoms with Crippen molar-refractivity contribution in [3.63, 3.8) is 0 Å². The van der Waals surface area contributed by atoms with Gasteiger partial charge in [-0.25, -0.2) is 0 Å². The van der Waals surface area contributed by atoms with Crippen molar-refractivity contribution >= 4 is 11.8 Å². The highest BCUT2D eigenvalue weighted by atomic mass is 16.5. The van der Waals surface area contributed by atoms with Crippen LogP contribution in [0.2, 0.25) is 0 Å². The number of ketones is 1. The van der Waals surface area contributed by atoms with Crippen molar-refractivity contribution in [3.8, 4) is 5.75 Å². The average Bonchev–Trinajstić information content (AvgIpc) is 2.92. The smallest absolute Gasteiger partial charge is 0.319 e. The number of hydrogen-bond acceptors (Lipinski definition) is 7. The third kappa shape index (κ3) is 7.53. The van der Waals surface area contributed by atoms with Crippen LogP contribution in [0.5, 0.6) is 5.75 Å². The Kier molecular flexibility index (Phi) is 9.87. The van der Waals surface area contributed by atoms with Crippen LogP contribution in [0.1, 0.15) is 53.9 Å². The summed E-state index contributed by atoms with van der Waals surface area (Å²) in [5.74, 6) is -0.251. The van der Waals surface area contributed by atoms with Crippen molar-refractivity contribution in [2.75, 3.05) is 32.8 Å². The maximum Gasteiger partial charge on any atom is 0.319 e. The molecule has 0 spiro atoms. The Morgan fingerprint density at radius 1 is 0.923 bits per heavy atom. The molecule has 0 aliphatic carbocycles. The second-order valence-corrected chi connectivity index (χ2v) is 10.3. The van der Waals surface area contributed by atoms with Gasteiger partial charge in [0.2, 0.25) is 0 Å². The molecule has 7 nitrogen and oxygen atoms in total. The van der Waals surface area contributed by atoms with Gasteiger partial charge in [-0.05, 0) is 55.7 Å². The number of hydrogen-bond donors (Lipinski definition) is 2. The molecule has 1 aliphatic heterocycles. The van der Waals surface area contributed by atoms with E-state index in [1.165, 1.54) is 5.56 Å². The van der Waals surface area contributed by atoms with E-state index in [1.54, 1.807) is 19.1 Å². The number of carbonyl (C=O) groups is 2. The lowest BCUT2D eigenvalue weighted by Crippen LogP contribution is -2.56. The number of nitrogens with zero attached hydrogens (tertiary/aromatic N) is 2. The molecule has 39 heavy (non-hydrogen) atoms. The van der Waals surface area contributed by atoms with Crippen LogP contribution in [-0.4, -0.2) is 71.5 Å². The molecule has 1 aliphatic rings. The Morgan fingerprint density at radius 2 is 1.64 bits per heavy atom. The number of carbonyl (C=O) groups excluding carboxylic acids is 2. The Morgan fingerprint density at radius 3 is 2.36 bits per heavy atom. The maximum absolute atomic E-state index is 13.0. The van der Waals surface area contributed by atoms with Gasteiger partial charge in [0, 0.05) is 37.3 Å². The van der Waals surface area contributed by atoms with E-state index in [2.05, 4.69) is 53.2 Å². The van der Waals surface area contributed by atoms with Gasteiger partial charge in [0.1, 0.15) is 5.75 Å². The summed E-state index contributed by atoms with van der Waals surface area (Å²) in [5.41, 5.74) is 3.86. The molecule has 2 N–H and O–H groups in total. The number of rotatable bonds is 11. The van der Waals surface area contributed by atoms with Crippen LogP contribution in [0.3, 0.4) is 0 Å². The van der Waals surface area contributed by atoms with Crippen LogP contribution in [0.4, 0.5) is 0 Å². The Balaban J connectivity index is 1.56. The monoisotopic (exact) mass is 529 g/mol. The van der Waals surface area contributed by atoms with Gasteiger partial charge in [-0.15, -0.1) is 0 Å². The van der Waals surface area contributed by atoms with Gasteiger partial charge in [0.25, 0.3) is 0 Å². The minimum Gasteiger partial charge on any atom is -0.508 e. The first kappa shape index (κ1) is 28.5. The van der Waals surface area contributed by atoms with Crippen molar-refractivity contribution in [2.24, 2.45) is 0 Å². The number of phenolic OH excluding ortho intramolecular Hbond substituents is 1. The van der Waals surface area contributed by atoms with Crippen LogP contribution in [0, 0.1) is 0 Å². The molecule has 0 bridgehead atoms. The number of ether oxygens (including phenoxy) is 1. The van der Waals surface area contributed by atoms with E-state index in [0.29, 0.717) is 18.2 Å². The first-order valence-electron chi connectivity index (χ1n) is 13.7. The normalized spacial score (nSPS) is 18.9. The van der Waals surface area contributed by atoms with Gasteiger partial charge in [0.05, 0.1) is 25.7 Å². The van der Waals surface area contributed by atoms with Gasteiger partial charge < -0.3 is 9.84 Å². The van der Waals surface area contributed by atoms with Gasteiger partial charge in [-0.1, -0.05) is 60.7 Å². The number of benzene rings is 3. The number of esters is 1. The fourth-order valence-corrected chi connectivity index (χ4v) is 5.37. The van der Waals surface area contributed by atoms with E-state index in [-0.39, 0.29) is 42.7 Å². The maximum atomic E-state index is 13.0. The highest BCUT2D eigenvalue weighted by Crippen LogP contribution is 2.35. The Labute approximate surface area is 231 Å². The number of aromatic hydroxyl groups is 1. The largest absolute Gasteiger partial charge is 0.508 e. The molecule has 206 valence electrons. The number of nitrogens with one attached hydrogen (secondary N) is 1. The number of piperazine rings is 1. The summed E-state index contributed by atoms with van der Waals surface area (Å²) in [5, 5.41) is 13.2. The summed E-state index contributed by atoms with van der Waals surface area (Å²) in [4.78, 5) is 29.6. The molecule has 4 rings (SSSR count). The average molecular weight is 530 g/mol. The van der Waals surface area contributed by atoms with Gasteiger partial charge >= 0.3 is 5.97 Å². The molecule has 1 fully saturated rings. The van der Waals surface area contributed by atoms with E-state index in [0.717, 1.165) is 30.8 Å². The van der Waals surface area contributed by atoms with E-state index in [1.807, 2.05) is 42.5 Å². The van der Waals surface area contributed by atoms with Crippen LogP contribution < -0.4 is 5.32 Å². The van der Waals surface area contributed by atoms with E-state index in [9.17, 15) is 14.7 Å². The van der Waals surface area contributed by atoms with Crippen LogP contribution in [0.15, 0.2) is 78.9 Å². The molecule has 7 heteroatoms. The zero-order chi connectivity index (χ0) is 27.8. The zero-order valence-corrected chi connectivity index (χ0v) is 23.0. The third-order valence-corrected chi connectivity index (χ3v) is 7.29. The topological polar surface area (TPSA) is 82.1 Å². The van der Waals surface area contributed by atoms with Crippen molar-refractivity contribution in [1.29, 1.82) is 0 Å². The fourth-order valence-electron chi connectivity index (χ4n) is 5.37. The lowest BCUT2D eigenvalue weighted by atomic mass is 9.91. The second kappa shape index (κ2) is 13.5. The minimum absolute atomic E-state index is 0.00610. The number of Topliss-reactive ketones (excluding diaryl/α,β-unsaturated/α-hetero) is 1. The molecule has 3 aromatic rings. The Hall–Kier alpha value is -3.52. The SMILES string of the molecule is CCOC(=O)CNCC(=O)c1cccc([C@H](c2cccc(O)c2)N2C[C@@H](C)N(Cc3ccccc3)C[C@@H]2C)c1. The molecule has 0 radical (unpaired) electrons. The first-order valence-corrected chi connectivity index (χ1v) is 13.7. The molecule has 0 saturated carbocycles. The number of phenols is 1. The summed E-state index contributed by atoms with van der Waals surface area (Å²) in [7, 11) is 0. The van der Waals surface area contributed by atoms with Crippen LogP contribution in [0.25, 0.3) is 0 Å². The molecule has 3 aromatic carbocycles. The highest BCUT2D eigenvalue weighted by molar-refractivity contribution is 5.98. The minimum atomic E-state index is -0.377. The quantitative estimate of drug-likeness (QED) is 0.281. The molecular weight excluding hydrogens is 490 g/mol. The molecule has 0 unspecified atom stereocenters. The lowest BCUT2D eigenvalue weighted by molar-refractivity contribution is -0.141. The lowest BCUT2D eigenvalue weighted by Gasteiger charge is -2.47. The molecule has 3 atom stereocenters. The molecular formula is C32H39N3O4. The fraction of sp³-hybridized carbons (Fsp3) is 0.375. The van der Waals surface area contributed by atoms with Crippen molar-refractivity contribution < 1.29 is 19.4 Å². The van der Waals surface area contributed by atoms with Gasteiger partial charge in [-0.3, -0.25) is 24.7 Å². The Bertz CT molecular complexity index is 1250. The second-order valence-electron chi connectivity index (χ2n) is 10.3. The van der Waals surface area contributed by atoms with Crippen molar-refractivity contribution in [1.82, 2.24) is 15.1 Å². The summed E-state index contributed by atoms with van der Waals surface area (Å²) < 4.78 is 4.92. The molecule has 0 aromatic heterocycles. The zero-order valence-electron chi connectivity index (χ0n) is 23.0. The van der Waals surface area contributed by atoms with Gasteiger partial charge in [0.15, 0.2) is 5.78 Å². The first-order chi connectivity index (χ1) is 18.9. The molecule has 0 amide bonds.